The molecule has 0 saturated heterocycles. The number of methoxy groups -OCH3 is 1. The molecule has 0 radical (unpaired) electrons. The van der Waals surface area contributed by atoms with Gasteiger partial charge in [-0.3, -0.25) is 9.59 Å². The summed E-state index contributed by atoms with van der Waals surface area (Å²) in [4.78, 5) is 25.8. The lowest BCUT2D eigenvalue weighted by atomic mass is 10.1. The highest BCUT2D eigenvalue weighted by molar-refractivity contribution is 5.92. The van der Waals surface area contributed by atoms with E-state index < -0.39 is 0 Å². The second kappa shape index (κ2) is 10.2. The van der Waals surface area contributed by atoms with Gasteiger partial charge in [0, 0.05) is 26.4 Å². The number of carbonyl (C=O) groups is 2. The number of hydrogen-bond donors (Lipinski definition) is 1. The molecule has 0 atom stereocenters. The van der Waals surface area contributed by atoms with E-state index >= 15 is 0 Å². The molecule has 0 unspecified atom stereocenters. The molecular formula is C21H26N2O3. The number of anilines is 1. The Labute approximate surface area is 155 Å². The van der Waals surface area contributed by atoms with E-state index in [4.69, 9.17) is 4.74 Å². The van der Waals surface area contributed by atoms with Crippen LogP contribution in [-0.2, 0) is 16.0 Å². The Balaban J connectivity index is 1.80. The average molecular weight is 354 g/mol. The highest BCUT2D eigenvalue weighted by atomic mass is 16.5. The van der Waals surface area contributed by atoms with Crippen molar-refractivity contribution in [3.8, 4) is 5.75 Å². The predicted molar refractivity (Wildman–Crippen MR) is 103 cm³/mol. The highest BCUT2D eigenvalue weighted by Gasteiger charge is 2.12. The van der Waals surface area contributed by atoms with Crippen LogP contribution >= 0.6 is 0 Å². The molecule has 0 aliphatic rings. The molecule has 0 aliphatic heterocycles. The molecule has 138 valence electrons. The van der Waals surface area contributed by atoms with Gasteiger partial charge in [0.25, 0.3) is 0 Å². The minimum atomic E-state index is -0.135. The Morgan fingerprint density at radius 3 is 2.38 bits per heavy atom. The van der Waals surface area contributed by atoms with Crippen molar-refractivity contribution >= 4 is 17.5 Å². The van der Waals surface area contributed by atoms with Crippen LogP contribution in [0.25, 0.3) is 0 Å². The van der Waals surface area contributed by atoms with E-state index in [-0.39, 0.29) is 18.2 Å². The SMILES string of the molecule is COc1ccccc1NC(=O)CCN(CCCc1ccccc1)C(C)=O. The number of nitrogens with zero attached hydrogens (tertiary/aromatic N) is 1. The molecule has 0 fully saturated rings. The number of para-hydroxylation sites is 2. The maximum absolute atomic E-state index is 12.2. The number of nitrogens with one attached hydrogen (secondary N) is 1. The zero-order valence-electron chi connectivity index (χ0n) is 15.4. The van der Waals surface area contributed by atoms with Gasteiger partial charge in [-0.1, -0.05) is 42.5 Å². The molecule has 0 aromatic heterocycles. The first-order chi connectivity index (χ1) is 12.6. The van der Waals surface area contributed by atoms with Crippen LogP contribution in [-0.4, -0.2) is 36.9 Å². The number of carbonyl (C=O) groups excluding carboxylic acids is 2. The molecule has 1 N–H and O–H groups in total. The molecule has 0 saturated carbocycles. The lowest BCUT2D eigenvalue weighted by Crippen LogP contribution is -2.33. The summed E-state index contributed by atoms with van der Waals surface area (Å²) in [5, 5.41) is 2.84. The summed E-state index contributed by atoms with van der Waals surface area (Å²) in [6, 6.07) is 17.5. The van der Waals surface area contributed by atoms with Crippen LogP contribution in [0, 0.1) is 0 Å². The largest absolute Gasteiger partial charge is 0.495 e. The second-order valence-electron chi connectivity index (χ2n) is 6.09. The summed E-state index contributed by atoms with van der Waals surface area (Å²) >= 11 is 0. The first kappa shape index (κ1) is 19.5. The Kier molecular flexibility index (Phi) is 7.68. The predicted octanol–water partition coefficient (Wildman–Crippen LogP) is 3.51. The first-order valence-electron chi connectivity index (χ1n) is 8.82. The van der Waals surface area contributed by atoms with Gasteiger partial charge in [0.2, 0.25) is 11.8 Å². The minimum Gasteiger partial charge on any atom is -0.495 e. The van der Waals surface area contributed by atoms with E-state index in [1.807, 2.05) is 30.3 Å². The van der Waals surface area contributed by atoms with Crippen LogP contribution < -0.4 is 10.1 Å². The molecule has 2 rings (SSSR count). The zero-order chi connectivity index (χ0) is 18.8. The Morgan fingerprint density at radius 1 is 1.00 bits per heavy atom. The zero-order valence-corrected chi connectivity index (χ0v) is 15.4. The highest BCUT2D eigenvalue weighted by Crippen LogP contribution is 2.23. The van der Waals surface area contributed by atoms with Gasteiger partial charge in [-0.2, -0.15) is 0 Å². The smallest absolute Gasteiger partial charge is 0.226 e. The number of amides is 2. The van der Waals surface area contributed by atoms with Gasteiger partial charge < -0.3 is 15.0 Å². The molecule has 5 nitrogen and oxygen atoms in total. The fourth-order valence-corrected chi connectivity index (χ4v) is 2.74. The maximum Gasteiger partial charge on any atom is 0.226 e. The van der Waals surface area contributed by atoms with Gasteiger partial charge in [-0.05, 0) is 30.5 Å². The van der Waals surface area contributed by atoms with Crippen molar-refractivity contribution < 1.29 is 14.3 Å². The van der Waals surface area contributed by atoms with Crippen LogP contribution in [0.1, 0.15) is 25.3 Å². The quantitative estimate of drug-likeness (QED) is 0.750. The minimum absolute atomic E-state index is 0.0110. The van der Waals surface area contributed by atoms with Crippen molar-refractivity contribution in [3.63, 3.8) is 0 Å². The molecule has 0 aliphatic carbocycles. The van der Waals surface area contributed by atoms with Crippen LogP contribution in [0.4, 0.5) is 5.69 Å². The normalized spacial score (nSPS) is 10.2. The third kappa shape index (κ3) is 6.24. The van der Waals surface area contributed by atoms with Crippen molar-refractivity contribution in [2.45, 2.75) is 26.2 Å². The molecule has 0 spiro atoms. The number of ether oxygens (including phenoxy) is 1. The topological polar surface area (TPSA) is 58.6 Å². The summed E-state index contributed by atoms with van der Waals surface area (Å²) in [6.07, 6.45) is 2.04. The van der Waals surface area contributed by atoms with E-state index in [9.17, 15) is 9.59 Å². The van der Waals surface area contributed by atoms with E-state index in [0.717, 1.165) is 12.8 Å². The van der Waals surface area contributed by atoms with Gasteiger partial charge in [-0.25, -0.2) is 0 Å². The molecule has 2 amide bonds. The molecule has 2 aromatic carbocycles. The fraction of sp³-hybridized carbons (Fsp3) is 0.333. The Morgan fingerprint density at radius 2 is 1.69 bits per heavy atom. The van der Waals surface area contributed by atoms with Crippen molar-refractivity contribution in [2.24, 2.45) is 0 Å². The van der Waals surface area contributed by atoms with E-state index in [1.165, 1.54) is 5.56 Å². The second-order valence-corrected chi connectivity index (χ2v) is 6.09. The standard InChI is InChI=1S/C21H26N2O3/c1-17(24)23(15-8-11-18-9-4-3-5-10-18)16-14-21(25)22-19-12-6-7-13-20(19)26-2/h3-7,9-10,12-13H,8,11,14-16H2,1-2H3,(H,22,25). The van der Waals surface area contributed by atoms with Crippen LogP contribution in [0.15, 0.2) is 54.6 Å². The molecule has 0 heterocycles. The summed E-state index contributed by atoms with van der Waals surface area (Å²) in [7, 11) is 1.56. The third-order valence-electron chi connectivity index (χ3n) is 4.17. The van der Waals surface area contributed by atoms with Gasteiger partial charge in [0.15, 0.2) is 0 Å². The molecule has 0 bridgehead atoms. The Bertz CT molecular complexity index is 716. The molecule has 5 heteroatoms. The number of benzene rings is 2. The van der Waals surface area contributed by atoms with Crippen molar-refractivity contribution in [3.05, 3.63) is 60.2 Å². The van der Waals surface area contributed by atoms with E-state index in [2.05, 4.69) is 17.4 Å². The van der Waals surface area contributed by atoms with Crippen molar-refractivity contribution in [1.82, 2.24) is 4.90 Å². The van der Waals surface area contributed by atoms with Crippen LogP contribution in [0.3, 0.4) is 0 Å². The van der Waals surface area contributed by atoms with Gasteiger partial charge in [-0.15, -0.1) is 0 Å². The first-order valence-corrected chi connectivity index (χ1v) is 8.82. The Hall–Kier alpha value is -2.82. The summed E-state index contributed by atoms with van der Waals surface area (Å²) < 4.78 is 5.23. The average Bonchev–Trinajstić information content (AvgIpc) is 2.65. The van der Waals surface area contributed by atoms with Crippen LogP contribution in [0.2, 0.25) is 0 Å². The fourth-order valence-electron chi connectivity index (χ4n) is 2.74. The van der Waals surface area contributed by atoms with E-state index in [1.54, 1.807) is 31.1 Å². The summed E-state index contributed by atoms with van der Waals surface area (Å²) in [5.41, 5.74) is 1.89. The van der Waals surface area contributed by atoms with Crippen molar-refractivity contribution in [1.29, 1.82) is 0 Å². The summed E-state index contributed by atoms with van der Waals surface area (Å²) in [6.45, 7) is 2.60. The van der Waals surface area contributed by atoms with E-state index in [0.29, 0.717) is 24.5 Å². The van der Waals surface area contributed by atoms with Gasteiger partial charge in [0.05, 0.1) is 12.8 Å². The lowest BCUT2D eigenvalue weighted by molar-refractivity contribution is -0.129. The monoisotopic (exact) mass is 354 g/mol. The lowest BCUT2D eigenvalue weighted by Gasteiger charge is -2.21. The molecule has 26 heavy (non-hydrogen) atoms. The summed E-state index contributed by atoms with van der Waals surface area (Å²) in [5.74, 6) is 0.471. The molecule has 2 aromatic rings. The van der Waals surface area contributed by atoms with Crippen molar-refractivity contribution in [2.75, 3.05) is 25.5 Å². The number of rotatable bonds is 9. The maximum atomic E-state index is 12.2. The number of aryl methyl sites for hydroxylation is 1. The van der Waals surface area contributed by atoms with Gasteiger partial charge in [0.1, 0.15) is 5.75 Å². The number of hydrogen-bond acceptors (Lipinski definition) is 3. The van der Waals surface area contributed by atoms with Gasteiger partial charge >= 0.3 is 0 Å². The van der Waals surface area contributed by atoms with Crippen LogP contribution in [0.5, 0.6) is 5.75 Å². The third-order valence-corrected chi connectivity index (χ3v) is 4.17. The molecular weight excluding hydrogens is 328 g/mol.